The largest absolute Gasteiger partial charge is 0.444 e. The first-order valence-corrected chi connectivity index (χ1v) is 7.62. The van der Waals surface area contributed by atoms with Crippen LogP contribution in [0.1, 0.15) is 52.9 Å². The molecule has 3 atom stereocenters. The standard InChI is InChI=1S/C15H28N2O2/c1-15(2,3)19-14(18)17-10-11(9-16)12-7-5-4-6-8-13(12)17/h11-13H,4-10,16H2,1-3H3. The highest BCUT2D eigenvalue weighted by Crippen LogP contribution is 2.39. The van der Waals surface area contributed by atoms with Gasteiger partial charge in [-0.05, 0) is 52.0 Å². The SMILES string of the molecule is CC(C)(C)OC(=O)N1CC(CN)C2CCCCCC21. The lowest BCUT2D eigenvalue weighted by Crippen LogP contribution is -2.41. The van der Waals surface area contributed by atoms with Gasteiger partial charge in [0, 0.05) is 12.6 Å². The summed E-state index contributed by atoms with van der Waals surface area (Å²) in [4.78, 5) is 14.3. The lowest BCUT2D eigenvalue weighted by Gasteiger charge is -2.29. The van der Waals surface area contributed by atoms with Crippen molar-refractivity contribution in [3.63, 3.8) is 0 Å². The maximum absolute atomic E-state index is 12.4. The third kappa shape index (κ3) is 3.41. The van der Waals surface area contributed by atoms with Gasteiger partial charge in [-0.15, -0.1) is 0 Å². The zero-order chi connectivity index (χ0) is 14.0. The van der Waals surface area contributed by atoms with E-state index in [1.165, 1.54) is 25.7 Å². The molecule has 2 N–H and O–H groups in total. The molecule has 2 fully saturated rings. The molecule has 4 heteroatoms. The van der Waals surface area contributed by atoms with Crippen LogP contribution in [0.5, 0.6) is 0 Å². The Labute approximate surface area is 116 Å². The molecule has 0 radical (unpaired) electrons. The van der Waals surface area contributed by atoms with E-state index in [0.29, 0.717) is 24.4 Å². The fraction of sp³-hybridized carbons (Fsp3) is 0.933. The van der Waals surface area contributed by atoms with Gasteiger partial charge in [-0.1, -0.05) is 19.3 Å². The Morgan fingerprint density at radius 3 is 2.58 bits per heavy atom. The summed E-state index contributed by atoms with van der Waals surface area (Å²) in [5.41, 5.74) is 5.48. The maximum atomic E-state index is 12.4. The number of fused-ring (bicyclic) bond motifs is 1. The Morgan fingerprint density at radius 1 is 1.26 bits per heavy atom. The Bertz CT molecular complexity index is 325. The number of nitrogens with zero attached hydrogens (tertiary/aromatic N) is 1. The Morgan fingerprint density at radius 2 is 1.95 bits per heavy atom. The van der Waals surface area contributed by atoms with Crippen LogP contribution in [-0.4, -0.2) is 35.7 Å². The number of hydrogen-bond donors (Lipinski definition) is 1. The van der Waals surface area contributed by atoms with Crippen molar-refractivity contribution in [2.24, 2.45) is 17.6 Å². The van der Waals surface area contributed by atoms with E-state index in [9.17, 15) is 4.79 Å². The molecule has 1 amide bonds. The molecule has 0 bridgehead atoms. The van der Waals surface area contributed by atoms with E-state index in [1.54, 1.807) is 0 Å². The van der Waals surface area contributed by atoms with E-state index < -0.39 is 5.60 Å². The van der Waals surface area contributed by atoms with Crippen LogP contribution >= 0.6 is 0 Å². The van der Waals surface area contributed by atoms with E-state index in [2.05, 4.69) is 0 Å². The predicted octanol–water partition coefficient (Wildman–Crippen LogP) is 2.76. The highest BCUT2D eigenvalue weighted by atomic mass is 16.6. The fourth-order valence-corrected chi connectivity index (χ4v) is 3.56. The van der Waals surface area contributed by atoms with Gasteiger partial charge in [-0.25, -0.2) is 4.79 Å². The molecule has 3 unspecified atom stereocenters. The van der Waals surface area contributed by atoms with Crippen molar-refractivity contribution in [1.82, 2.24) is 4.90 Å². The summed E-state index contributed by atoms with van der Waals surface area (Å²) in [5, 5.41) is 0. The number of hydrogen-bond acceptors (Lipinski definition) is 3. The van der Waals surface area contributed by atoms with Crippen molar-refractivity contribution < 1.29 is 9.53 Å². The average molecular weight is 268 g/mol. The van der Waals surface area contributed by atoms with Crippen LogP contribution in [0.2, 0.25) is 0 Å². The maximum Gasteiger partial charge on any atom is 0.410 e. The highest BCUT2D eigenvalue weighted by molar-refractivity contribution is 5.69. The van der Waals surface area contributed by atoms with Gasteiger partial charge in [-0.3, -0.25) is 0 Å². The molecule has 1 heterocycles. The minimum absolute atomic E-state index is 0.152. The summed E-state index contributed by atoms with van der Waals surface area (Å²) in [6, 6.07) is 0.353. The van der Waals surface area contributed by atoms with Gasteiger partial charge < -0.3 is 15.4 Å². The summed E-state index contributed by atoms with van der Waals surface area (Å²) in [5.74, 6) is 1.04. The van der Waals surface area contributed by atoms with Crippen LogP contribution in [0.3, 0.4) is 0 Å². The van der Waals surface area contributed by atoms with Gasteiger partial charge in [0.15, 0.2) is 0 Å². The summed E-state index contributed by atoms with van der Waals surface area (Å²) in [6.45, 7) is 7.23. The third-order valence-corrected chi connectivity index (χ3v) is 4.40. The van der Waals surface area contributed by atoms with E-state index in [-0.39, 0.29) is 6.09 Å². The van der Waals surface area contributed by atoms with Crippen molar-refractivity contribution in [2.75, 3.05) is 13.1 Å². The minimum atomic E-state index is -0.419. The van der Waals surface area contributed by atoms with Gasteiger partial charge in [0.1, 0.15) is 5.60 Å². The van der Waals surface area contributed by atoms with Crippen LogP contribution in [0.15, 0.2) is 0 Å². The molecule has 1 aliphatic carbocycles. The summed E-state index contributed by atoms with van der Waals surface area (Å²) < 4.78 is 5.55. The van der Waals surface area contributed by atoms with E-state index in [0.717, 1.165) is 13.0 Å². The number of amides is 1. The highest BCUT2D eigenvalue weighted by Gasteiger charge is 2.44. The van der Waals surface area contributed by atoms with Gasteiger partial charge in [-0.2, -0.15) is 0 Å². The van der Waals surface area contributed by atoms with Gasteiger partial charge in [0.2, 0.25) is 0 Å². The van der Waals surface area contributed by atoms with Crippen LogP contribution in [0.4, 0.5) is 4.79 Å². The Balaban J connectivity index is 2.09. The predicted molar refractivity (Wildman–Crippen MR) is 75.8 cm³/mol. The summed E-state index contributed by atoms with van der Waals surface area (Å²) in [7, 11) is 0. The quantitative estimate of drug-likeness (QED) is 0.795. The molecule has 1 saturated heterocycles. The molecule has 19 heavy (non-hydrogen) atoms. The number of nitrogens with two attached hydrogens (primary N) is 1. The van der Waals surface area contributed by atoms with Crippen molar-refractivity contribution in [1.29, 1.82) is 0 Å². The second kappa shape index (κ2) is 5.70. The third-order valence-electron chi connectivity index (χ3n) is 4.40. The number of carbonyl (C=O) groups excluding carboxylic acids is 1. The Hall–Kier alpha value is -0.770. The molecular weight excluding hydrogens is 240 g/mol. The van der Waals surface area contributed by atoms with Crippen molar-refractivity contribution >= 4 is 6.09 Å². The number of carbonyl (C=O) groups is 1. The molecular formula is C15H28N2O2. The van der Waals surface area contributed by atoms with E-state index >= 15 is 0 Å². The molecule has 110 valence electrons. The molecule has 0 aromatic heterocycles. The smallest absolute Gasteiger partial charge is 0.410 e. The molecule has 0 spiro atoms. The number of rotatable bonds is 1. The average Bonchev–Trinajstić information content (AvgIpc) is 2.49. The first-order chi connectivity index (χ1) is 8.92. The molecule has 2 aliphatic rings. The first-order valence-electron chi connectivity index (χ1n) is 7.62. The second-order valence-corrected chi connectivity index (χ2v) is 7.00. The van der Waals surface area contributed by atoms with Gasteiger partial charge in [0.25, 0.3) is 0 Å². The zero-order valence-corrected chi connectivity index (χ0v) is 12.5. The molecule has 4 nitrogen and oxygen atoms in total. The second-order valence-electron chi connectivity index (χ2n) is 7.00. The lowest BCUT2D eigenvalue weighted by molar-refractivity contribution is 0.0200. The van der Waals surface area contributed by atoms with Crippen LogP contribution < -0.4 is 5.73 Å². The normalized spacial score (nSPS) is 31.8. The minimum Gasteiger partial charge on any atom is -0.444 e. The zero-order valence-electron chi connectivity index (χ0n) is 12.5. The molecule has 1 aliphatic heterocycles. The van der Waals surface area contributed by atoms with Crippen molar-refractivity contribution in [3.05, 3.63) is 0 Å². The summed E-state index contributed by atoms with van der Waals surface area (Å²) >= 11 is 0. The van der Waals surface area contributed by atoms with E-state index in [4.69, 9.17) is 10.5 Å². The van der Waals surface area contributed by atoms with E-state index in [1.807, 2.05) is 25.7 Å². The molecule has 0 aromatic carbocycles. The fourth-order valence-electron chi connectivity index (χ4n) is 3.56. The number of ether oxygens (including phenoxy) is 1. The molecule has 1 saturated carbocycles. The summed E-state index contributed by atoms with van der Waals surface area (Å²) in [6.07, 6.45) is 5.95. The van der Waals surface area contributed by atoms with Crippen LogP contribution in [0.25, 0.3) is 0 Å². The van der Waals surface area contributed by atoms with Crippen molar-refractivity contribution in [3.8, 4) is 0 Å². The van der Waals surface area contributed by atoms with Crippen molar-refractivity contribution in [2.45, 2.75) is 64.5 Å². The molecule has 2 rings (SSSR count). The Kier molecular flexibility index (Phi) is 4.39. The topological polar surface area (TPSA) is 55.6 Å². The molecule has 0 aromatic rings. The van der Waals surface area contributed by atoms with Crippen LogP contribution in [-0.2, 0) is 4.74 Å². The van der Waals surface area contributed by atoms with Gasteiger partial charge in [0.05, 0.1) is 0 Å². The monoisotopic (exact) mass is 268 g/mol. The number of likely N-dealkylation sites (tertiary alicyclic amines) is 1. The van der Waals surface area contributed by atoms with Crippen LogP contribution in [0, 0.1) is 11.8 Å². The first kappa shape index (κ1) is 14.6. The lowest BCUT2D eigenvalue weighted by atomic mass is 9.87. The van der Waals surface area contributed by atoms with Gasteiger partial charge >= 0.3 is 6.09 Å².